The van der Waals surface area contributed by atoms with Crippen molar-refractivity contribution in [2.45, 2.75) is 38.5 Å². The van der Waals surface area contributed by atoms with Crippen molar-refractivity contribution in [2.24, 2.45) is 0 Å². The molecule has 0 bridgehead atoms. The minimum atomic E-state index is -2.21. The Morgan fingerprint density at radius 1 is 1.23 bits per heavy atom. The van der Waals surface area contributed by atoms with Gasteiger partial charge in [-0.25, -0.2) is 9.18 Å². The van der Waals surface area contributed by atoms with Crippen LogP contribution in [0.25, 0.3) is 0 Å². The maximum absolute atomic E-state index is 13.9. The number of hydrogen-bond donors (Lipinski definition) is 2. The lowest BCUT2D eigenvalue weighted by molar-refractivity contribution is -0.130. The quantitative estimate of drug-likeness (QED) is 0.763. The molecule has 0 saturated heterocycles. The van der Waals surface area contributed by atoms with E-state index in [2.05, 4.69) is 17.2 Å². The summed E-state index contributed by atoms with van der Waals surface area (Å²) in [5.74, 6) is 3.82. The summed E-state index contributed by atoms with van der Waals surface area (Å²) in [6, 6.07) is 13.0. The first-order chi connectivity index (χ1) is 14.1. The van der Waals surface area contributed by atoms with Crippen LogP contribution in [-0.4, -0.2) is 29.3 Å². The second-order valence-corrected chi connectivity index (χ2v) is 7.91. The van der Waals surface area contributed by atoms with Gasteiger partial charge in [-0.3, -0.25) is 4.79 Å². The third-order valence-electron chi connectivity index (χ3n) is 4.37. The summed E-state index contributed by atoms with van der Waals surface area (Å²) in [6.45, 7) is 5.24. The molecule has 3 rings (SSSR count). The van der Waals surface area contributed by atoms with Gasteiger partial charge in [0.1, 0.15) is 11.4 Å². The molecule has 2 aromatic rings. The third-order valence-corrected chi connectivity index (χ3v) is 4.37. The highest BCUT2D eigenvalue weighted by Gasteiger charge is 2.49. The summed E-state index contributed by atoms with van der Waals surface area (Å²) >= 11 is 0. The van der Waals surface area contributed by atoms with Crippen LogP contribution < -0.4 is 10.2 Å². The zero-order chi connectivity index (χ0) is 21.9. The van der Waals surface area contributed by atoms with Crippen molar-refractivity contribution < 1.29 is 23.8 Å². The van der Waals surface area contributed by atoms with Crippen LogP contribution in [0.1, 0.15) is 31.9 Å². The molecule has 1 aliphatic heterocycles. The average Bonchev–Trinajstić information content (AvgIpc) is 2.87. The minimum Gasteiger partial charge on any atom is -0.444 e. The SMILES string of the molecule is CC(C)(C)OC(=O)NCC#C[C@@]1(O)C(=O)N(Cc2ccccc2)c2ccc(F)cc21. The van der Waals surface area contributed by atoms with Crippen molar-refractivity contribution in [3.05, 3.63) is 65.5 Å². The van der Waals surface area contributed by atoms with Crippen molar-refractivity contribution in [1.29, 1.82) is 0 Å². The van der Waals surface area contributed by atoms with Crippen molar-refractivity contribution >= 4 is 17.7 Å². The highest BCUT2D eigenvalue weighted by atomic mass is 19.1. The number of anilines is 1. The van der Waals surface area contributed by atoms with Crippen LogP contribution in [0.4, 0.5) is 14.9 Å². The zero-order valence-electron chi connectivity index (χ0n) is 17.0. The van der Waals surface area contributed by atoms with Crippen LogP contribution in [0.3, 0.4) is 0 Å². The molecular formula is C23H23FN2O4. The first-order valence-electron chi connectivity index (χ1n) is 9.45. The van der Waals surface area contributed by atoms with Crippen LogP contribution >= 0.6 is 0 Å². The smallest absolute Gasteiger partial charge is 0.408 e. The van der Waals surface area contributed by atoms with Crippen LogP contribution in [-0.2, 0) is 21.7 Å². The van der Waals surface area contributed by atoms with Gasteiger partial charge in [-0.2, -0.15) is 0 Å². The molecular weight excluding hydrogens is 387 g/mol. The molecule has 6 nitrogen and oxygen atoms in total. The van der Waals surface area contributed by atoms with Gasteiger partial charge < -0.3 is 20.1 Å². The molecule has 1 heterocycles. The van der Waals surface area contributed by atoms with Crippen LogP contribution in [0.2, 0.25) is 0 Å². The number of halogens is 1. The number of ether oxygens (including phenoxy) is 1. The van der Waals surface area contributed by atoms with Crippen molar-refractivity contribution in [3.63, 3.8) is 0 Å². The van der Waals surface area contributed by atoms with E-state index < -0.39 is 29.0 Å². The first-order valence-corrected chi connectivity index (χ1v) is 9.45. The molecule has 0 unspecified atom stereocenters. The second-order valence-electron chi connectivity index (χ2n) is 7.91. The zero-order valence-corrected chi connectivity index (χ0v) is 17.0. The van der Waals surface area contributed by atoms with Crippen molar-refractivity contribution in [3.8, 4) is 11.8 Å². The second kappa shape index (κ2) is 8.17. The van der Waals surface area contributed by atoms with E-state index in [1.807, 2.05) is 30.3 Å². The molecule has 0 fully saturated rings. The molecule has 0 spiro atoms. The summed E-state index contributed by atoms with van der Waals surface area (Å²) in [7, 11) is 0. The Labute approximate surface area is 174 Å². The fourth-order valence-corrected chi connectivity index (χ4v) is 3.10. The van der Waals surface area contributed by atoms with Gasteiger partial charge >= 0.3 is 6.09 Å². The Bertz CT molecular complexity index is 1020. The molecule has 7 heteroatoms. The summed E-state index contributed by atoms with van der Waals surface area (Å²) in [6.07, 6.45) is -0.668. The number of carbonyl (C=O) groups is 2. The predicted molar refractivity (Wildman–Crippen MR) is 110 cm³/mol. The molecule has 2 amide bonds. The van der Waals surface area contributed by atoms with E-state index in [1.165, 1.54) is 17.0 Å². The normalized spacial score (nSPS) is 17.8. The fraction of sp³-hybridized carbons (Fsp3) is 0.304. The largest absolute Gasteiger partial charge is 0.444 e. The standard InChI is InChI=1S/C23H23FN2O4/c1-22(2,3)30-21(28)25-13-7-12-23(29)18-14-17(24)10-11-19(18)26(20(23)27)15-16-8-5-4-6-9-16/h4-6,8-11,14,29H,13,15H2,1-3H3,(H,25,28)/t23-/m0/s1. The lowest BCUT2D eigenvalue weighted by atomic mass is 9.96. The number of fused-ring (bicyclic) bond motifs is 1. The Morgan fingerprint density at radius 3 is 2.60 bits per heavy atom. The minimum absolute atomic E-state index is 0.0770. The number of nitrogens with zero attached hydrogens (tertiary/aromatic N) is 1. The Balaban J connectivity index is 1.83. The average molecular weight is 410 g/mol. The number of alkyl carbamates (subject to hydrolysis) is 1. The number of hydrogen-bond acceptors (Lipinski definition) is 4. The number of rotatable bonds is 3. The summed E-state index contributed by atoms with van der Waals surface area (Å²) < 4.78 is 19.0. The van der Waals surface area contributed by atoms with Crippen molar-refractivity contribution in [1.82, 2.24) is 5.32 Å². The van der Waals surface area contributed by atoms with E-state index in [-0.39, 0.29) is 18.7 Å². The molecule has 0 aliphatic carbocycles. The number of amides is 2. The van der Waals surface area contributed by atoms with Crippen LogP contribution in [0, 0.1) is 17.7 Å². The molecule has 0 saturated carbocycles. The monoisotopic (exact) mass is 410 g/mol. The van der Waals surface area contributed by atoms with Gasteiger partial charge in [-0.1, -0.05) is 42.2 Å². The molecule has 156 valence electrons. The maximum Gasteiger partial charge on any atom is 0.408 e. The highest BCUT2D eigenvalue weighted by molar-refractivity contribution is 6.09. The molecule has 0 radical (unpaired) electrons. The van der Waals surface area contributed by atoms with E-state index in [1.54, 1.807) is 20.8 Å². The lowest BCUT2D eigenvalue weighted by Gasteiger charge is -2.19. The van der Waals surface area contributed by atoms with Gasteiger partial charge in [0.2, 0.25) is 5.60 Å². The summed E-state index contributed by atoms with van der Waals surface area (Å²) in [5.41, 5.74) is -1.55. The van der Waals surface area contributed by atoms with Gasteiger partial charge in [-0.15, -0.1) is 0 Å². The highest BCUT2D eigenvalue weighted by Crippen LogP contribution is 2.41. The van der Waals surface area contributed by atoms with Gasteiger partial charge in [0, 0.05) is 5.56 Å². The van der Waals surface area contributed by atoms with E-state index in [0.717, 1.165) is 11.6 Å². The molecule has 2 N–H and O–H groups in total. The number of aliphatic hydroxyl groups is 1. The van der Waals surface area contributed by atoms with E-state index in [0.29, 0.717) is 5.69 Å². The third kappa shape index (κ3) is 4.61. The van der Waals surface area contributed by atoms with Gasteiger partial charge in [0.05, 0.1) is 18.8 Å². The number of benzene rings is 2. The number of nitrogens with one attached hydrogen (secondary N) is 1. The molecule has 30 heavy (non-hydrogen) atoms. The first kappa shape index (κ1) is 21.3. The summed E-state index contributed by atoms with van der Waals surface area (Å²) in [4.78, 5) is 26.1. The predicted octanol–water partition coefficient (Wildman–Crippen LogP) is 3.09. The fourth-order valence-electron chi connectivity index (χ4n) is 3.10. The molecule has 1 atom stereocenters. The molecule has 2 aromatic carbocycles. The summed E-state index contributed by atoms with van der Waals surface area (Å²) in [5, 5.41) is 13.5. The van der Waals surface area contributed by atoms with E-state index in [4.69, 9.17) is 4.74 Å². The van der Waals surface area contributed by atoms with Gasteiger partial charge in [0.25, 0.3) is 5.91 Å². The topological polar surface area (TPSA) is 78.9 Å². The Morgan fingerprint density at radius 2 is 1.93 bits per heavy atom. The van der Waals surface area contributed by atoms with Crippen molar-refractivity contribution in [2.75, 3.05) is 11.4 Å². The molecule has 1 aliphatic rings. The maximum atomic E-state index is 13.9. The molecule has 0 aromatic heterocycles. The van der Waals surface area contributed by atoms with E-state index >= 15 is 0 Å². The van der Waals surface area contributed by atoms with E-state index in [9.17, 15) is 19.1 Å². The van der Waals surface area contributed by atoms with Crippen LogP contribution in [0.15, 0.2) is 48.5 Å². The lowest BCUT2D eigenvalue weighted by Crippen LogP contribution is -2.39. The number of carbonyl (C=O) groups excluding carboxylic acids is 2. The van der Waals surface area contributed by atoms with Crippen LogP contribution in [0.5, 0.6) is 0 Å². The van der Waals surface area contributed by atoms with Gasteiger partial charge in [0.15, 0.2) is 0 Å². The Hall–Kier alpha value is -3.37. The van der Waals surface area contributed by atoms with Gasteiger partial charge in [-0.05, 0) is 44.5 Å². The Kier molecular flexibility index (Phi) is 5.81.